The van der Waals surface area contributed by atoms with Crippen LogP contribution in [0.3, 0.4) is 0 Å². The van der Waals surface area contributed by atoms with E-state index in [1.54, 1.807) is 25.3 Å². The summed E-state index contributed by atoms with van der Waals surface area (Å²) in [5, 5.41) is 3.83. The maximum absolute atomic E-state index is 13.1. The first-order chi connectivity index (χ1) is 16.0. The van der Waals surface area contributed by atoms with Gasteiger partial charge in [0.15, 0.2) is 16.7 Å². The van der Waals surface area contributed by atoms with Crippen LogP contribution in [0.25, 0.3) is 0 Å². The number of hydrogen-bond acceptors (Lipinski definition) is 6. The van der Waals surface area contributed by atoms with Crippen molar-refractivity contribution in [2.24, 2.45) is 0 Å². The molecule has 4 rings (SSSR count). The van der Waals surface area contributed by atoms with E-state index in [0.717, 1.165) is 5.56 Å². The van der Waals surface area contributed by atoms with Crippen LogP contribution in [0.4, 0.5) is 5.82 Å². The largest absolute Gasteiger partial charge is 0.493 e. The van der Waals surface area contributed by atoms with Gasteiger partial charge in [0, 0.05) is 28.7 Å². The second-order valence-corrected chi connectivity index (χ2v) is 8.73. The lowest BCUT2D eigenvalue weighted by Gasteiger charge is -2.26. The molecule has 0 fully saturated rings. The molecule has 0 bridgehead atoms. The van der Waals surface area contributed by atoms with Crippen LogP contribution in [0, 0.1) is 0 Å². The molecule has 2 heterocycles. The monoisotopic (exact) mass is 483 g/mol. The van der Waals surface area contributed by atoms with Gasteiger partial charge in [-0.15, -0.1) is 0 Å². The van der Waals surface area contributed by atoms with Crippen molar-refractivity contribution in [1.29, 1.82) is 0 Å². The number of benzene rings is 2. The number of aromatic nitrogens is 2. The van der Waals surface area contributed by atoms with Crippen molar-refractivity contribution < 1.29 is 14.3 Å². The second kappa shape index (κ2) is 10.1. The first-order valence-electron chi connectivity index (χ1n) is 10.2. The molecule has 0 unspecified atom stereocenters. The van der Waals surface area contributed by atoms with Gasteiger partial charge in [-0.1, -0.05) is 60.3 Å². The lowest BCUT2D eigenvalue weighted by molar-refractivity contribution is -0.116. The first kappa shape index (κ1) is 22.9. The predicted octanol–water partition coefficient (Wildman–Crippen LogP) is 4.76. The molecule has 9 heteroatoms. The van der Waals surface area contributed by atoms with Gasteiger partial charge in [-0.3, -0.25) is 9.59 Å². The molecule has 1 aliphatic heterocycles. The standard InChI is InChI=1S/C24H22ClN3O4S/c1-3-11-32-21-16(5-4-6-18(21)31-2)17-12-19(29)26-22-20(17)23(30)28-24(27-22)33-13-14-7-9-15(25)10-8-14/h3-10,17H,1,11-13H2,2H3,(H2,26,27,28,29,30)/t17-/m1/s1. The van der Waals surface area contributed by atoms with Crippen molar-refractivity contribution in [1.82, 2.24) is 9.97 Å². The quantitative estimate of drug-likeness (QED) is 0.272. The number of thioether (sulfide) groups is 1. The summed E-state index contributed by atoms with van der Waals surface area (Å²) in [6.07, 6.45) is 1.71. The minimum absolute atomic E-state index is 0.0899. The number of amides is 1. The van der Waals surface area contributed by atoms with Gasteiger partial charge in [-0.2, -0.15) is 0 Å². The Morgan fingerprint density at radius 2 is 2.03 bits per heavy atom. The molecule has 170 valence electrons. The van der Waals surface area contributed by atoms with E-state index in [0.29, 0.717) is 38.6 Å². The highest BCUT2D eigenvalue weighted by molar-refractivity contribution is 7.98. The Labute approximate surface area is 200 Å². The van der Waals surface area contributed by atoms with Crippen LogP contribution < -0.4 is 20.3 Å². The Morgan fingerprint density at radius 3 is 2.76 bits per heavy atom. The molecule has 2 aromatic carbocycles. The number of ether oxygens (including phenoxy) is 2. The number of H-pyrrole nitrogens is 1. The zero-order valence-electron chi connectivity index (χ0n) is 17.9. The lowest BCUT2D eigenvalue weighted by Crippen LogP contribution is -2.31. The fraction of sp³-hybridized carbons (Fsp3) is 0.208. The van der Waals surface area contributed by atoms with Gasteiger partial charge in [0.1, 0.15) is 12.4 Å². The fourth-order valence-corrected chi connectivity index (χ4v) is 4.62. The Hall–Kier alpha value is -3.23. The number of rotatable bonds is 8. The van der Waals surface area contributed by atoms with E-state index in [4.69, 9.17) is 21.1 Å². The summed E-state index contributed by atoms with van der Waals surface area (Å²) < 4.78 is 11.3. The number of aromatic amines is 1. The average Bonchev–Trinajstić information content (AvgIpc) is 2.81. The molecule has 1 atom stereocenters. The van der Waals surface area contributed by atoms with Crippen LogP contribution in [0.15, 0.2) is 65.1 Å². The van der Waals surface area contributed by atoms with Crippen LogP contribution in [0.2, 0.25) is 5.02 Å². The molecule has 2 N–H and O–H groups in total. The van der Waals surface area contributed by atoms with Crippen LogP contribution in [-0.4, -0.2) is 29.6 Å². The number of anilines is 1. The topological polar surface area (TPSA) is 93.3 Å². The summed E-state index contributed by atoms with van der Waals surface area (Å²) >= 11 is 7.30. The third-order valence-electron chi connectivity index (χ3n) is 5.17. The van der Waals surface area contributed by atoms with Crippen molar-refractivity contribution in [2.75, 3.05) is 19.0 Å². The average molecular weight is 484 g/mol. The Bertz CT molecular complexity index is 1240. The third-order valence-corrected chi connectivity index (χ3v) is 6.36. The molecule has 1 aliphatic rings. The molecular weight excluding hydrogens is 462 g/mol. The maximum Gasteiger partial charge on any atom is 0.257 e. The summed E-state index contributed by atoms with van der Waals surface area (Å²) in [5.41, 5.74) is 1.80. The summed E-state index contributed by atoms with van der Waals surface area (Å²) in [4.78, 5) is 33.1. The highest BCUT2D eigenvalue weighted by atomic mass is 35.5. The molecule has 0 aliphatic carbocycles. The van der Waals surface area contributed by atoms with Crippen molar-refractivity contribution in [3.63, 3.8) is 0 Å². The highest BCUT2D eigenvalue weighted by Crippen LogP contribution is 2.42. The van der Waals surface area contributed by atoms with E-state index < -0.39 is 5.92 Å². The van der Waals surface area contributed by atoms with Gasteiger partial charge in [0.25, 0.3) is 5.56 Å². The Morgan fingerprint density at radius 1 is 1.24 bits per heavy atom. The molecule has 0 saturated carbocycles. The minimum Gasteiger partial charge on any atom is -0.493 e. The van der Waals surface area contributed by atoms with E-state index in [9.17, 15) is 9.59 Å². The van der Waals surface area contributed by atoms with E-state index >= 15 is 0 Å². The lowest BCUT2D eigenvalue weighted by atomic mass is 9.86. The number of halogens is 1. The van der Waals surface area contributed by atoms with Crippen molar-refractivity contribution >= 4 is 35.1 Å². The number of nitrogens with one attached hydrogen (secondary N) is 2. The van der Waals surface area contributed by atoms with Crippen LogP contribution >= 0.6 is 23.4 Å². The summed E-state index contributed by atoms with van der Waals surface area (Å²) in [7, 11) is 1.54. The molecule has 7 nitrogen and oxygen atoms in total. The maximum atomic E-state index is 13.1. The molecule has 0 spiro atoms. The molecule has 3 aromatic rings. The van der Waals surface area contributed by atoms with Crippen molar-refractivity contribution in [2.45, 2.75) is 23.2 Å². The van der Waals surface area contributed by atoms with E-state index in [1.165, 1.54) is 11.8 Å². The van der Waals surface area contributed by atoms with Gasteiger partial charge in [-0.05, 0) is 23.8 Å². The van der Waals surface area contributed by atoms with Gasteiger partial charge < -0.3 is 19.8 Å². The number of fused-ring (bicyclic) bond motifs is 1. The van der Waals surface area contributed by atoms with Crippen LogP contribution in [0.1, 0.15) is 29.0 Å². The molecule has 33 heavy (non-hydrogen) atoms. The zero-order valence-corrected chi connectivity index (χ0v) is 19.5. The predicted molar refractivity (Wildman–Crippen MR) is 130 cm³/mol. The number of hydrogen-bond donors (Lipinski definition) is 2. The molecule has 0 saturated heterocycles. The van der Waals surface area contributed by atoms with Crippen LogP contribution in [-0.2, 0) is 10.5 Å². The summed E-state index contributed by atoms with van der Waals surface area (Å²) in [5.74, 6) is 1.08. The minimum atomic E-state index is -0.532. The van der Waals surface area contributed by atoms with E-state index in [-0.39, 0.29) is 30.3 Å². The van der Waals surface area contributed by atoms with Gasteiger partial charge in [-0.25, -0.2) is 4.98 Å². The molecule has 1 amide bonds. The smallest absolute Gasteiger partial charge is 0.257 e. The molecular formula is C24H22ClN3O4S. The summed E-state index contributed by atoms with van der Waals surface area (Å²) in [6.45, 7) is 3.94. The fourth-order valence-electron chi connectivity index (χ4n) is 3.68. The number of nitrogens with zero attached hydrogens (tertiary/aromatic N) is 1. The van der Waals surface area contributed by atoms with Gasteiger partial charge in [0.2, 0.25) is 5.91 Å². The first-order valence-corrected chi connectivity index (χ1v) is 11.6. The van der Waals surface area contributed by atoms with Crippen molar-refractivity contribution in [3.8, 4) is 11.5 Å². The number of carbonyl (C=O) groups is 1. The normalized spacial score (nSPS) is 14.8. The van der Waals surface area contributed by atoms with Crippen LogP contribution in [0.5, 0.6) is 11.5 Å². The zero-order chi connectivity index (χ0) is 23.4. The molecule has 1 aromatic heterocycles. The SMILES string of the molecule is C=CCOc1c(OC)cccc1[C@H]1CC(=O)Nc2nc(SCc3ccc(Cl)cc3)[nH]c(=O)c21. The third kappa shape index (κ3) is 5.07. The Balaban J connectivity index is 1.70. The number of carbonyl (C=O) groups excluding carboxylic acids is 1. The van der Waals surface area contributed by atoms with E-state index in [1.807, 2.05) is 30.3 Å². The van der Waals surface area contributed by atoms with E-state index in [2.05, 4.69) is 21.9 Å². The van der Waals surface area contributed by atoms with Crippen molar-refractivity contribution in [3.05, 3.63) is 87.2 Å². The molecule has 0 radical (unpaired) electrons. The number of methoxy groups -OCH3 is 1. The second-order valence-electron chi connectivity index (χ2n) is 7.33. The Kier molecular flexibility index (Phi) is 7.05. The number of para-hydroxylation sites is 1. The summed E-state index contributed by atoms with van der Waals surface area (Å²) in [6, 6.07) is 12.9. The highest BCUT2D eigenvalue weighted by Gasteiger charge is 2.33. The van der Waals surface area contributed by atoms with Gasteiger partial charge >= 0.3 is 0 Å². The van der Waals surface area contributed by atoms with Gasteiger partial charge in [0.05, 0.1) is 12.7 Å².